The summed E-state index contributed by atoms with van der Waals surface area (Å²) >= 11 is 0. The van der Waals surface area contributed by atoms with Crippen molar-refractivity contribution in [1.29, 1.82) is 0 Å². The summed E-state index contributed by atoms with van der Waals surface area (Å²) in [6.45, 7) is -0.357. The summed E-state index contributed by atoms with van der Waals surface area (Å²) in [5.41, 5.74) is 1.28. The van der Waals surface area contributed by atoms with E-state index in [1.807, 2.05) is 0 Å². The number of aliphatic hydroxyl groups is 2. The van der Waals surface area contributed by atoms with Crippen molar-refractivity contribution in [2.75, 3.05) is 13.2 Å². The Labute approximate surface area is 135 Å². The Hall–Kier alpha value is -1.80. The van der Waals surface area contributed by atoms with Gasteiger partial charge in [0.15, 0.2) is 0 Å². The van der Waals surface area contributed by atoms with Gasteiger partial charge in [0.25, 0.3) is 0 Å². The molecule has 2 atom stereocenters. The SMILES string of the molecule is O=S1(=O)c2ccccc2[C@H](O)[C@@H](Cc2ccncc2)N1CCO. The molecule has 2 heterocycles. The maximum absolute atomic E-state index is 12.8. The van der Waals surface area contributed by atoms with E-state index in [2.05, 4.69) is 4.98 Å². The monoisotopic (exact) mass is 334 g/mol. The van der Waals surface area contributed by atoms with E-state index in [4.69, 9.17) is 0 Å². The molecule has 0 unspecified atom stereocenters. The third-order valence-corrected chi connectivity index (χ3v) is 6.07. The molecule has 0 bridgehead atoms. The lowest BCUT2D eigenvalue weighted by atomic mass is 9.96. The molecule has 1 aliphatic rings. The van der Waals surface area contributed by atoms with Gasteiger partial charge in [-0.25, -0.2) is 8.42 Å². The number of fused-ring (bicyclic) bond motifs is 1. The van der Waals surface area contributed by atoms with E-state index in [9.17, 15) is 18.6 Å². The van der Waals surface area contributed by atoms with Gasteiger partial charge in [-0.3, -0.25) is 4.98 Å². The fourth-order valence-corrected chi connectivity index (χ4v) is 4.85. The summed E-state index contributed by atoms with van der Waals surface area (Å²) in [6, 6.07) is 9.37. The number of aliphatic hydroxyl groups excluding tert-OH is 2. The minimum absolute atomic E-state index is 0.0521. The van der Waals surface area contributed by atoms with E-state index >= 15 is 0 Å². The number of pyridine rings is 1. The third kappa shape index (κ3) is 2.88. The van der Waals surface area contributed by atoms with E-state index in [0.29, 0.717) is 12.0 Å². The highest BCUT2D eigenvalue weighted by Gasteiger charge is 2.43. The van der Waals surface area contributed by atoms with Gasteiger partial charge in [0.1, 0.15) is 0 Å². The molecule has 1 aromatic carbocycles. The van der Waals surface area contributed by atoms with Gasteiger partial charge >= 0.3 is 0 Å². The Morgan fingerprint density at radius 3 is 2.52 bits per heavy atom. The number of aromatic nitrogens is 1. The Bertz CT molecular complexity index is 780. The molecule has 0 saturated heterocycles. The molecule has 23 heavy (non-hydrogen) atoms. The lowest BCUT2D eigenvalue weighted by Gasteiger charge is -2.39. The molecule has 0 radical (unpaired) electrons. The van der Waals surface area contributed by atoms with Crippen molar-refractivity contribution < 1.29 is 18.6 Å². The highest BCUT2D eigenvalue weighted by atomic mass is 32.2. The van der Waals surface area contributed by atoms with Crippen LogP contribution in [0, 0.1) is 0 Å². The number of hydrogen-bond acceptors (Lipinski definition) is 5. The maximum atomic E-state index is 12.8. The molecular weight excluding hydrogens is 316 g/mol. The molecule has 2 N–H and O–H groups in total. The van der Waals surface area contributed by atoms with Crippen molar-refractivity contribution >= 4 is 10.0 Å². The summed E-state index contributed by atoms with van der Waals surface area (Å²) in [6.07, 6.45) is 2.65. The van der Waals surface area contributed by atoms with E-state index in [1.54, 1.807) is 42.7 Å². The van der Waals surface area contributed by atoms with Crippen LogP contribution in [0.25, 0.3) is 0 Å². The molecule has 6 nitrogen and oxygen atoms in total. The predicted molar refractivity (Wildman–Crippen MR) is 84.1 cm³/mol. The second kappa shape index (κ2) is 6.37. The first-order valence-corrected chi connectivity index (χ1v) is 8.78. The Morgan fingerprint density at radius 2 is 1.83 bits per heavy atom. The quantitative estimate of drug-likeness (QED) is 0.860. The third-order valence-electron chi connectivity index (χ3n) is 4.07. The first kappa shape index (κ1) is 16.1. The number of benzene rings is 1. The fourth-order valence-electron chi connectivity index (χ4n) is 2.99. The molecule has 0 saturated carbocycles. The van der Waals surface area contributed by atoms with Crippen molar-refractivity contribution in [2.45, 2.75) is 23.5 Å². The summed E-state index contributed by atoms with van der Waals surface area (Å²) in [4.78, 5) is 4.05. The highest BCUT2D eigenvalue weighted by molar-refractivity contribution is 7.89. The molecule has 122 valence electrons. The van der Waals surface area contributed by atoms with E-state index in [-0.39, 0.29) is 18.0 Å². The van der Waals surface area contributed by atoms with Gasteiger partial charge in [-0.05, 0) is 30.2 Å². The van der Waals surface area contributed by atoms with Gasteiger partial charge in [-0.15, -0.1) is 0 Å². The van der Waals surface area contributed by atoms with Crippen LogP contribution in [0.4, 0.5) is 0 Å². The maximum Gasteiger partial charge on any atom is 0.243 e. The van der Waals surface area contributed by atoms with Gasteiger partial charge < -0.3 is 10.2 Å². The number of nitrogens with zero attached hydrogens (tertiary/aromatic N) is 2. The molecule has 2 aromatic rings. The zero-order valence-electron chi connectivity index (χ0n) is 12.4. The second-order valence-corrected chi connectivity index (χ2v) is 7.31. The molecule has 0 amide bonds. The molecule has 0 spiro atoms. The van der Waals surface area contributed by atoms with Crippen molar-refractivity contribution in [2.24, 2.45) is 0 Å². The zero-order chi connectivity index (χ0) is 16.4. The number of hydrogen-bond donors (Lipinski definition) is 2. The van der Waals surface area contributed by atoms with Gasteiger partial charge in [-0.1, -0.05) is 18.2 Å². The van der Waals surface area contributed by atoms with Crippen LogP contribution in [0.1, 0.15) is 17.2 Å². The van der Waals surface area contributed by atoms with E-state index in [0.717, 1.165) is 5.56 Å². The van der Waals surface area contributed by atoms with Crippen molar-refractivity contribution in [3.05, 3.63) is 59.9 Å². The van der Waals surface area contributed by atoms with Gasteiger partial charge in [-0.2, -0.15) is 4.31 Å². The average Bonchev–Trinajstić information content (AvgIpc) is 2.57. The van der Waals surface area contributed by atoms with Gasteiger partial charge in [0, 0.05) is 24.5 Å². The first-order chi connectivity index (χ1) is 11.1. The molecule has 0 fully saturated rings. The summed E-state index contributed by atoms with van der Waals surface area (Å²) in [7, 11) is -3.75. The lowest BCUT2D eigenvalue weighted by Crippen LogP contribution is -2.50. The molecular formula is C16H18N2O4S. The highest BCUT2D eigenvalue weighted by Crippen LogP contribution is 2.37. The smallest absolute Gasteiger partial charge is 0.243 e. The van der Waals surface area contributed by atoms with Crippen LogP contribution in [0.5, 0.6) is 0 Å². The van der Waals surface area contributed by atoms with Crippen LogP contribution in [-0.2, 0) is 16.4 Å². The zero-order valence-corrected chi connectivity index (χ0v) is 13.2. The minimum Gasteiger partial charge on any atom is -0.395 e. The van der Waals surface area contributed by atoms with Crippen LogP contribution in [0.15, 0.2) is 53.7 Å². The summed E-state index contributed by atoms with van der Waals surface area (Å²) in [5, 5.41) is 20.0. The number of rotatable bonds is 4. The van der Waals surface area contributed by atoms with E-state index in [1.165, 1.54) is 10.4 Å². The molecule has 3 rings (SSSR count). The fraction of sp³-hybridized carbons (Fsp3) is 0.312. The summed E-state index contributed by atoms with van der Waals surface area (Å²) in [5.74, 6) is 0. The van der Waals surface area contributed by atoms with Crippen LogP contribution < -0.4 is 0 Å². The van der Waals surface area contributed by atoms with Crippen LogP contribution >= 0.6 is 0 Å². The van der Waals surface area contributed by atoms with E-state index < -0.39 is 22.2 Å². The van der Waals surface area contributed by atoms with Crippen molar-refractivity contribution in [3.8, 4) is 0 Å². The summed E-state index contributed by atoms with van der Waals surface area (Å²) < 4.78 is 26.9. The van der Waals surface area contributed by atoms with Crippen molar-refractivity contribution in [1.82, 2.24) is 9.29 Å². The Balaban J connectivity index is 2.07. The molecule has 1 aliphatic heterocycles. The molecule has 0 aliphatic carbocycles. The standard InChI is InChI=1S/C16H18N2O4S/c19-10-9-18-14(11-12-5-7-17-8-6-12)16(20)13-3-1-2-4-15(13)23(18,21)22/h1-8,14,16,19-20H,9-11H2/t14-,16+/m1/s1. The molecule has 7 heteroatoms. The Morgan fingerprint density at radius 1 is 1.13 bits per heavy atom. The molecule has 1 aromatic heterocycles. The Kier molecular flexibility index (Phi) is 4.45. The minimum atomic E-state index is -3.75. The second-order valence-electron chi connectivity index (χ2n) is 5.45. The van der Waals surface area contributed by atoms with Gasteiger partial charge in [0.2, 0.25) is 10.0 Å². The van der Waals surface area contributed by atoms with Crippen molar-refractivity contribution in [3.63, 3.8) is 0 Å². The van der Waals surface area contributed by atoms with Crippen LogP contribution in [-0.4, -0.2) is 47.1 Å². The topological polar surface area (TPSA) is 90.7 Å². The predicted octanol–water partition coefficient (Wildman–Crippen LogP) is 0.723. The van der Waals surface area contributed by atoms with Crippen LogP contribution in [0.3, 0.4) is 0 Å². The largest absolute Gasteiger partial charge is 0.395 e. The number of β-amino-alcohol motifs (C(OH)–C–C–N with tert-alkyl or cyclic N) is 1. The normalized spacial score (nSPS) is 23.4. The van der Waals surface area contributed by atoms with Gasteiger partial charge in [0.05, 0.1) is 23.6 Å². The average molecular weight is 334 g/mol. The lowest BCUT2D eigenvalue weighted by molar-refractivity contribution is 0.0724. The first-order valence-electron chi connectivity index (χ1n) is 7.34. The number of sulfonamides is 1. The van der Waals surface area contributed by atoms with Crippen LogP contribution in [0.2, 0.25) is 0 Å².